The van der Waals surface area contributed by atoms with Crippen molar-refractivity contribution in [3.8, 4) is 0 Å². The van der Waals surface area contributed by atoms with Crippen LogP contribution >= 0.6 is 0 Å². The number of carboxylic acid groups (broad SMARTS) is 1. The molecule has 1 aromatic rings. The molecule has 7 heteroatoms. The maximum atomic E-state index is 12.7. The first-order valence-corrected chi connectivity index (χ1v) is 9.19. The molecule has 2 fully saturated rings. The Balaban J connectivity index is 1.63. The van der Waals surface area contributed by atoms with Crippen LogP contribution in [0, 0.1) is 5.92 Å². The molecule has 0 aliphatic carbocycles. The number of hydrogen-bond donors (Lipinski definition) is 2. The molecule has 26 heavy (non-hydrogen) atoms. The number of benzene rings is 1. The molecule has 2 heterocycles. The molecule has 2 saturated heterocycles. The van der Waals surface area contributed by atoms with Crippen LogP contribution in [0.1, 0.15) is 31.2 Å². The lowest BCUT2D eigenvalue weighted by molar-refractivity contribution is -0.136. The van der Waals surface area contributed by atoms with Crippen LogP contribution in [-0.4, -0.2) is 59.0 Å². The van der Waals surface area contributed by atoms with Crippen LogP contribution in [0.15, 0.2) is 24.3 Å². The summed E-state index contributed by atoms with van der Waals surface area (Å²) >= 11 is 0. The fourth-order valence-electron chi connectivity index (χ4n) is 3.67. The van der Waals surface area contributed by atoms with Gasteiger partial charge in [0, 0.05) is 31.9 Å². The van der Waals surface area contributed by atoms with E-state index in [1.54, 1.807) is 29.2 Å². The highest BCUT2D eigenvalue weighted by molar-refractivity contribution is 5.94. The summed E-state index contributed by atoms with van der Waals surface area (Å²) in [6.45, 7) is 2.71. The number of para-hydroxylation sites is 1. The summed E-state index contributed by atoms with van der Waals surface area (Å²) in [5.74, 6) is -1.36. The van der Waals surface area contributed by atoms with Gasteiger partial charge in [-0.3, -0.25) is 9.59 Å². The molecule has 140 valence electrons. The van der Waals surface area contributed by atoms with Crippen LogP contribution in [0.5, 0.6) is 0 Å². The van der Waals surface area contributed by atoms with Crippen LogP contribution < -0.4 is 5.32 Å². The summed E-state index contributed by atoms with van der Waals surface area (Å²) < 4.78 is 0. The molecule has 7 nitrogen and oxygen atoms in total. The number of aliphatic carboxylic acids is 1. The van der Waals surface area contributed by atoms with Gasteiger partial charge in [-0.15, -0.1) is 0 Å². The first kappa shape index (κ1) is 18.2. The number of anilines is 1. The molecule has 0 spiro atoms. The molecular formula is C19H25N3O4. The minimum absolute atomic E-state index is 0.0336. The summed E-state index contributed by atoms with van der Waals surface area (Å²) in [6.07, 6.45) is 3.49. The third kappa shape index (κ3) is 4.33. The third-order valence-electron chi connectivity index (χ3n) is 5.06. The van der Waals surface area contributed by atoms with Crippen molar-refractivity contribution in [1.29, 1.82) is 0 Å². The normalized spacial score (nSPS) is 20.1. The number of carboxylic acids is 1. The van der Waals surface area contributed by atoms with E-state index in [4.69, 9.17) is 5.11 Å². The van der Waals surface area contributed by atoms with Gasteiger partial charge in [0.15, 0.2) is 0 Å². The van der Waals surface area contributed by atoms with Crippen molar-refractivity contribution in [1.82, 2.24) is 9.80 Å². The average molecular weight is 359 g/mol. The molecule has 0 saturated carbocycles. The molecule has 2 aliphatic heterocycles. The van der Waals surface area contributed by atoms with Crippen LogP contribution in [0.2, 0.25) is 0 Å². The minimum Gasteiger partial charge on any atom is -0.481 e. The number of amides is 3. The zero-order valence-electron chi connectivity index (χ0n) is 14.8. The monoisotopic (exact) mass is 359 g/mol. The zero-order chi connectivity index (χ0) is 18.5. The largest absolute Gasteiger partial charge is 0.481 e. The third-order valence-corrected chi connectivity index (χ3v) is 5.06. The molecule has 1 atom stereocenters. The predicted octanol–water partition coefficient (Wildman–Crippen LogP) is 2.18. The van der Waals surface area contributed by atoms with Gasteiger partial charge in [0.1, 0.15) is 0 Å². The molecule has 3 amide bonds. The van der Waals surface area contributed by atoms with Gasteiger partial charge in [-0.2, -0.15) is 0 Å². The molecule has 0 radical (unpaired) electrons. The van der Waals surface area contributed by atoms with E-state index in [9.17, 15) is 14.4 Å². The highest BCUT2D eigenvalue weighted by Crippen LogP contribution is 2.23. The SMILES string of the molecule is O=C(O)Cc1ccccc1NC(=O)C1CCCN(C(=O)N2CCCC2)C1. The first-order chi connectivity index (χ1) is 12.5. The average Bonchev–Trinajstić information content (AvgIpc) is 3.17. The molecule has 1 unspecified atom stereocenters. The van der Waals surface area contributed by atoms with Gasteiger partial charge in [-0.1, -0.05) is 18.2 Å². The molecule has 0 bridgehead atoms. The Labute approximate surface area is 153 Å². The van der Waals surface area contributed by atoms with Gasteiger partial charge in [0.2, 0.25) is 5.91 Å². The molecular weight excluding hydrogens is 334 g/mol. The van der Waals surface area contributed by atoms with Gasteiger partial charge in [0.05, 0.1) is 12.3 Å². The lowest BCUT2D eigenvalue weighted by Crippen LogP contribution is -2.48. The Bertz CT molecular complexity index is 685. The number of nitrogens with one attached hydrogen (secondary N) is 1. The van der Waals surface area contributed by atoms with Crippen molar-refractivity contribution in [3.05, 3.63) is 29.8 Å². The minimum atomic E-state index is -0.938. The Kier molecular flexibility index (Phi) is 5.75. The topological polar surface area (TPSA) is 90.0 Å². The van der Waals surface area contributed by atoms with Crippen LogP contribution in [0.25, 0.3) is 0 Å². The van der Waals surface area contributed by atoms with E-state index in [1.165, 1.54) is 0 Å². The summed E-state index contributed by atoms with van der Waals surface area (Å²) in [7, 11) is 0. The molecule has 2 aliphatic rings. The summed E-state index contributed by atoms with van der Waals surface area (Å²) in [4.78, 5) is 39.9. The van der Waals surface area contributed by atoms with Gasteiger partial charge in [-0.25, -0.2) is 4.79 Å². The summed E-state index contributed by atoms with van der Waals surface area (Å²) in [5.41, 5.74) is 1.11. The number of piperidine rings is 1. The maximum absolute atomic E-state index is 12.7. The first-order valence-electron chi connectivity index (χ1n) is 9.19. The molecule has 3 rings (SSSR count). The fourth-order valence-corrected chi connectivity index (χ4v) is 3.67. The van der Waals surface area contributed by atoms with Crippen molar-refractivity contribution in [2.24, 2.45) is 5.92 Å². The van der Waals surface area contributed by atoms with Crippen molar-refractivity contribution in [3.63, 3.8) is 0 Å². The van der Waals surface area contributed by atoms with Crippen LogP contribution in [0.3, 0.4) is 0 Å². The van der Waals surface area contributed by atoms with Gasteiger partial charge in [0.25, 0.3) is 0 Å². The number of nitrogens with zero attached hydrogens (tertiary/aromatic N) is 2. The second-order valence-corrected chi connectivity index (χ2v) is 6.98. The standard InChI is InChI=1S/C19H25N3O4/c23-17(24)12-14-6-1-2-8-16(14)20-18(25)15-7-5-11-22(13-15)19(26)21-9-3-4-10-21/h1-2,6,8,15H,3-5,7,9-13H2,(H,20,25)(H,23,24). The lowest BCUT2D eigenvalue weighted by Gasteiger charge is -2.34. The van der Waals surface area contributed by atoms with Gasteiger partial charge >= 0.3 is 12.0 Å². The number of carbonyl (C=O) groups is 3. The lowest BCUT2D eigenvalue weighted by atomic mass is 9.97. The second kappa shape index (κ2) is 8.21. The van der Waals surface area contributed by atoms with E-state index < -0.39 is 5.97 Å². The molecule has 1 aromatic carbocycles. The molecule has 2 N–H and O–H groups in total. The fraction of sp³-hybridized carbons (Fsp3) is 0.526. The van der Waals surface area contributed by atoms with E-state index in [0.29, 0.717) is 24.3 Å². The maximum Gasteiger partial charge on any atom is 0.320 e. The Morgan fingerprint density at radius 2 is 1.73 bits per heavy atom. The van der Waals surface area contributed by atoms with Crippen molar-refractivity contribution < 1.29 is 19.5 Å². The number of hydrogen-bond acceptors (Lipinski definition) is 3. The van der Waals surface area contributed by atoms with Crippen molar-refractivity contribution in [2.75, 3.05) is 31.5 Å². The highest BCUT2D eigenvalue weighted by Gasteiger charge is 2.31. The predicted molar refractivity (Wildman–Crippen MR) is 96.9 cm³/mol. The van der Waals surface area contributed by atoms with E-state index in [2.05, 4.69) is 5.32 Å². The number of likely N-dealkylation sites (tertiary alicyclic amines) is 2. The van der Waals surface area contributed by atoms with E-state index >= 15 is 0 Å². The van der Waals surface area contributed by atoms with Crippen molar-refractivity contribution in [2.45, 2.75) is 32.1 Å². The zero-order valence-corrected chi connectivity index (χ0v) is 14.8. The highest BCUT2D eigenvalue weighted by atomic mass is 16.4. The summed E-state index contributed by atoms with van der Waals surface area (Å²) in [6, 6.07) is 6.97. The number of carbonyl (C=O) groups excluding carboxylic acids is 2. The smallest absolute Gasteiger partial charge is 0.320 e. The van der Waals surface area contributed by atoms with Crippen LogP contribution in [0.4, 0.5) is 10.5 Å². The Morgan fingerprint density at radius 1 is 1.04 bits per heavy atom. The Hall–Kier alpha value is -2.57. The number of urea groups is 1. The quantitative estimate of drug-likeness (QED) is 0.862. The van der Waals surface area contributed by atoms with E-state index in [0.717, 1.165) is 38.8 Å². The molecule has 0 aromatic heterocycles. The summed E-state index contributed by atoms with van der Waals surface area (Å²) in [5, 5.41) is 11.9. The van der Waals surface area contributed by atoms with Gasteiger partial charge < -0.3 is 20.2 Å². The van der Waals surface area contributed by atoms with E-state index in [-0.39, 0.29) is 24.3 Å². The van der Waals surface area contributed by atoms with E-state index in [1.807, 2.05) is 4.90 Å². The second-order valence-electron chi connectivity index (χ2n) is 6.98. The van der Waals surface area contributed by atoms with Crippen LogP contribution in [-0.2, 0) is 16.0 Å². The van der Waals surface area contributed by atoms with Gasteiger partial charge in [-0.05, 0) is 37.3 Å². The van der Waals surface area contributed by atoms with Crippen molar-refractivity contribution >= 4 is 23.6 Å². The number of rotatable bonds is 4. The Morgan fingerprint density at radius 3 is 2.46 bits per heavy atom.